The van der Waals surface area contributed by atoms with Gasteiger partial charge in [0.2, 0.25) is 0 Å². The van der Waals surface area contributed by atoms with Gasteiger partial charge in [-0.15, -0.1) is 0 Å². The molecule has 3 aromatic rings. The average Bonchev–Trinajstić information content (AvgIpc) is 3.44. The third kappa shape index (κ3) is 4.77. The summed E-state index contributed by atoms with van der Waals surface area (Å²) in [7, 11) is 0. The van der Waals surface area contributed by atoms with E-state index >= 15 is 0 Å². The third-order valence-electron chi connectivity index (χ3n) is 6.82. The van der Waals surface area contributed by atoms with Gasteiger partial charge < -0.3 is 15.0 Å². The maximum absolute atomic E-state index is 13.3. The maximum Gasteiger partial charge on any atom is 0.410 e. The highest BCUT2D eigenvalue weighted by Gasteiger charge is 2.37. The molecule has 3 amide bonds. The Morgan fingerprint density at radius 1 is 1.14 bits per heavy atom. The SMILES string of the molecule is Cc1cc2ncnn2cc1NC(=O)N1CCc2c(N3C[C@@H](C)N(C(=O)OC(C)(C)C)[C@@H](C)C3)ccnc21. The van der Waals surface area contributed by atoms with Crippen LogP contribution in [0.4, 0.5) is 26.8 Å². The molecule has 37 heavy (non-hydrogen) atoms. The smallest absolute Gasteiger partial charge is 0.410 e. The fourth-order valence-corrected chi connectivity index (χ4v) is 5.23. The van der Waals surface area contributed by atoms with Crippen LogP contribution in [0.2, 0.25) is 0 Å². The third-order valence-corrected chi connectivity index (χ3v) is 6.82. The Hall–Kier alpha value is -3.89. The minimum absolute atomic E-state index is 0.0297. The van der Waals surface area contributed by atoms with Crippen LogP contribution in [0.5, 0.6) is 0 Å². The van der Waals surface area contributed by atoms with Gasteiger partial charge in [-0.2, -0.15) is 5.10 Å². The van der Waals surface area contributed by atoms with E-state index in [2.05, 4.69) is 25.3 Å². The molecule has 11 nitrogen and oxygen atoms in total. The highest BCUT2D eigenvalue weighted by atomic mass is 16.6. The van der Waals surface area contributed by atoms with Crippen molar-refractivity contribution in [3.8, 4) is 0 Å². The molecule has 5 rings (SSSR count). The number of nitrogens with zero attached hydrogens (tertiary/aromatic N) is 7. The molecule has 0 unspecified atom stereocenters. The van der Waals surface area contributed by atoms with Crippen LogP contribution in [0.3, 0.4) is 0 Å². The van der Waals surface area contributed by atoms with Gasteiger partial charge in [-0.25, -0.2) is 24.1 Å². The second-order valence-electron chi connectivity index (χ2n) is 10.9. The molecular formula is C26H34N8O3. The summed E-state index contributed by atoms with van der Waals surface area (Å²) in [5.41, 5.74) is 3.87. The summed E-state index contributed by atoms with van der Waals surface area (Å²) >= 11 is 0. The number of fused-ring (bicyclic) bond motifs is 2. The summed E-state index contributed by atoms with van der Waals surface area (Å²) < 4.78 is 7.28. The molecule has 2 aliphatic heterocycles. The van der Waals surface area contributed by atoms with Crippen LogP contribution in [0.1, 0.15) is 45.7 Å². The lowest BCUT2D eigenvalue weighted by Gasteiger charge is -2.45. The first-order chi connectivity index (χ1) is 17.5. The van der Waals surface area contributed by atoms with E-state index in [1.165, 1.54) is 6.33 Å². The first-order valence-electron chi connectivity index (χ1n) is 12.6. The molecule has 2 aliphatic rings. The average molecular weight is 507 g/mol. The van der Waals surface area contributed by atoms with E-state index in [0.29, 0.717) is 37.6 Å². The Labute approximate surface area is 216 Å². The van der Waals surface area contributed by atoms with Gasteiger partial charge in [0.1, 0.15) is 17.7 Å². The molecule has 0 spiro atoms. The Balaban J connectivity index is 1.33. The Morgan fingerprint density at radius 3 is 2.57 bits per heavy atom. The van der Waals surface area contributed by atoms with E-state index < -0.39 is 5.60 Å². The first kappa shape index (κ1) is 24.8. The molecule has 5 heterocycles. The van der Waals surface area contributed by atoms with E-state index in [0.717, 1.165) is 22.5 Å². The quantitative estimate of drug-likeness (QED) is 0.562. The number of aryl methyl sites for hydroxylation is 1. The van der Waals surface area contributed by atoms with Gasteiger partial charge in [-0.05, 0) is 65.7 Å². The van der Waals surface area contributed by atoms with Crippen molar-refractivity contribution >= 4 is 35.0 Å². The fourth-order valence-electron chi connectivity index (χ4n) is 5.23. The minimum Gasteiger partial charge on any atom is -0.444 e. The standard InChI is InChI=1S/C26H34N8O3/c1-16-11-22-28-15-29-33(22)14-20(16)30-24(35)32-10-8-19-21(7-9-27-23(19)32)31-12-17(2)34(18(3)13-31)25(36)37-26(4,5)6/h7,9,11,14-15,17-18H,8,10,12-13H2,1-6H3,(H,30,35)/t17-,18+. The monoisotopic (exact) mass is 506 g/mol. The fraction of sp³-hybridized carbons (Fsp3) is 0.500. The van der Waals surface area contributed by atoms with Crippen LogP contribution in [0.25, 0.3) is 5.65 Å². The van der Waals surface area contributed by atoms with Crippen molar-refractivity contribution in [2.24, 2.45) is 0 Å². The molecule has 0 radical (unpaired) electrons. The van der Waals surface area contributed by atoms with E-state index in [9.17, 15) is 9.59 Å². The molecule has 196 valence electrons. The predicted molar refractivity (Wildman–Crippen MR) is 141 cm³/mol. The van der Waals surface area contributed by atoms with Crippen LogP contribution in [-0.4, -0.2) is 73.9 Å². The largest absolute Gasteiger partial charge is 0.444 e. The summed E-state index contributed by atoms with van der Waals surface area (Å²) in [5, 5.41) is 7.17. The van der Waals surface area contributed by atoms with Gasteiger partial charge in [0, 0.05) is 37.1 Å². The zero-order chi connectivity index (χ0) is 26.5. The van der Waals surface area contributed by atoms with Crippen molar-refractivity contribution in [2.75, 3.05) is 34.8 Å². The number of pyridine rings is 2. The molecule has 11 heteroatoms. The van der Waals surface area contributed by atoms with E-state index in [1.807, 2.05) is 58.6 Å². The Bertz CT molecular complexity index is 1340. The molecule has 0 aromatic carbocycles. The number of hydrogen-bond acceptors (Lipinski definition) is 7. The lowest BCUT2D eigenvalue weighted by molar-refractivity contribution is 0.00565. The summed E-state index contributed by atoms with van der Waals surface area (Å²) in [6.45, 7) is 13.5. The van der Waals surface area contributed by atoms with Crippen molar-refractivity contribution in [1.29, 1.82) is 0 Å². The van der Waals surface area contributed by atoms with Crippen LogP contribution >= 0.6 is 0 Å². The number of anilines is 3. The van der Waals surface area contributed by atoms with Crippen molar-refractivity contribution in [2.45, 2.75) is 65.6 Å². The predicted octanol–water partition coefficient (Wildman–Crippen LogP) is 3.86. The summed E-state index contributed by atoms with van der Waals surface area (Å²) in [5.74, 6) is 0.671. The lowest BCUT2D eigenvalue weighted by atomic mass is 10.1. The summed E-state index contributed by atoms with van der Waals surface area (Å²) in [6, 6.07) is 3.60. The topological polar surface area (TPSA) is 108 Å². The van der Waals surface area contributed by atoms with Gasteiger partial charge >= 0.3 is 12.1 Å². The van der Waals surface area contributed by atoms with Gasteiger partial charge in [0.15, 0.2) is 5.65 Å². The minimum atomic E-state index is -0.539. The van der Waals surface area contributed by atoms with Crippen molar-refractivity contribution in [3.63, 3.8) is 0 Å². The summed E-state index contributed by atoms with van der Waals surface area (Å²) in [4.78, 5) is 40.7. The number of aromatic nitrogens is 4. The number of rotatable bonds is 2. The molecule has 0 bridgehead atoms. The van der Waals surface area contributed by atoms with Crippen LogP contribution in [-0.2, 0) is 11.2 Å². The van der Waals surface area contributed by atoms with Crippen LogP contribution in [0.15, 0.2) is 30.9 Å². The lowest BCUT2D eigenvalue weighted by Crippen LogP contribution is -2.59. The molecule has 3 aromatic heterocycles. The maximum atomic E-state index is 13.3. The molecule has 0 aliphatic carbocycles. The number of piperazine rings is 1. The number of urea groups is 1. The second-order valence-corrected chi connectivity index (χ2v) is 10.9. The molecular weight excluding hydrogens is 472 g/mol. The van der Waals surface area contributed by atoms with Crippen LogP contribution in [0, 0.1) is 6.92 Å². The number of amides is 3. The van der Waals surface area contributed by atoms with E-state index in [-0.39, 0.29) is 24.2 Å². The normalized spacial score (nSPS) is 19.8. The highest BCUT2D eigenvalue weighted by Crippen LogP contribution is 2.36. The van der Waals surface area contributed by atoms with Gasteiger partial charge in [0.25, 0.3) is 0 Å². The molecule has 0 saturated carbocycles. The van der Waals surface area contributed by atoms with E-state index in [1.54, 1.807) is 21.8 Å². The van der Waals surface area contributed by atoms with Crippen molar-refractivity contribution in [1.82, 2.24) is 24.5 Å². The zero-order valence-electron chi connectivity index (χ0n) is 22.2. The number of hydrogen-bond donors (Lipinski definition) is 1. The number of carbonyl (C=O) groups excluding carboxylic acids is 2. The first-order valence-corrected chi connectivity index (χ1v) is 12.6. The van der Waals surface area contributed by atoms with E-state index in [4.69, 9.17) is 4.74 Å². The molecule has 1 saturated heterocycles. The van der Waals surface area contributed by atoms with Gasteiger partial charge in [-0.1, -0.05) is 0 Å². The Kier molecular flexibility index (Phi) is 6.17. The summed E-state index contributed by atoms with van der Waals surface area (Å²) in [6.07, 6.45) is 5.43. The second kappa shape index (κ2) is 9.20. The van der Waals surface area contributed by atoms with Gasteiger partial charge in [0.05, 0.1) is 24.0 Å². The molecule has 1 N–H and O–H groups in total. The number of carbonyl (C=O) groups is 2. The van der Waals surface area contributed by atoms with Crippen molar-refractivity contribution < 1.29 is 14.3 Å². The number of nitrogens with one attached hydrogen (secondary N) is 1. The van der Waals surface area contributed by atoms with Gasteiger partial charge in [-0.3, -0.25) is 9.80 Å². The highest BCUT2D eigenvalue weighted by molar-refractivity contribution is 6.03. The molecule has 1 fully saturated rings. The Morgan fingerprint density at radius 2 is 1.86 bits per heavy atom. The van der Waals surface area contributed by atoms with Crippen molar-refractivity contribution in [3.05, 3.63) is 42.0 Å². The number of ether oxygens (including phenoxy) is 1. The molecule has 2 atom stereocenters. The zero-order valence-corrected chi connectivity index (χ0v) is 22.2. The van der Waals surface area contributed by atoms with Crippen LogP contribution < -0.4 is 15.1 Å².